The van der Waals surface area contributed by atoms with E-state index in [4.69, 9.17) is 0 Å². The van der Waals surface area contributed by atoms with Gasteiger partial charge in [-0.05, 0) is 44.5 Å². The van der Waals surface area contributed by atoms with E-state index < -0.39 is 10.0 Å². The molecule has 1 atom stereocenters. The van der Waals surface area contributed by atoms with E-state index in [1.165, 1.54) is 6.42 Å². The molecule has 0 amide bonds. The number of piperidine rings is 1. The first-order chi connectivity index (χ1) is 9.62. The predicted octanol–water partition coefficient (Wildman–Crippen LogP) is 1.07. The van der Waals surface area contributed by atoms with Crippen LogP contribution in [-0.4, -0.2) is 45.8 Å². The summed E-state index contributed by atoms with van der Waals surface area (Å²) in [4.78, 5) is 2.46. The van der Waals surface area contributed by atoms with E-state index in [-0.39, 0.29) is 0 Å². The Morgan fingerprint density at radius 2 is 2.20 bits per heavy atom. The third-order valence-corrected chi connectivity index (χ3v) is 5.25. The summed E-state index contributed by atoms with van der Waals surface area (Å²) >= 11 is 0. The summed E-state index contributed by atoms with van der Waals surface area (Å²) < 4.78 is 28.2. The molecule has 0 bridgehead atoms. The summed E-state index contributed by atoms with van der Waals surface area (Å²) in [5.41, 5.74) is 0.748. The molecule has 0 radical (unpaired) electrons. The number of fused-ring (bicyclic) bond motifs is 1. The molecule has 6 heteroatoms. The van der Waals surface area contributed by atoms with Crippen molar-refractivity contribution in [2.45, 2.75) is 17.7 Å². The lowest BCUT2D eigenvalue weighted by Crippen LogP contribution is -2.42. The molecule has 2 aliphatic rings. The molecule has 3 rings (SSSR count). The van der Waals surface area contributed by atoms with Gasteiger partial charge in [-0.2, -0.15) is 8.42 Å². The van der Waals surface area contributed by atoms with Gasteiger partial charge in [0, 0.05) is 18.7 Å². The summed E-state index contributed by atoms with van der Waals surface area (Å²) in [7, 11) is -1.55. The zero-order valence-corrected chi connectivity index (χ0v) is 12.4. The van der Waals surface area contributed by atoms with Crippen molar-refractivity contribution < 1.29 is 8.42 Å². The minimum Gasteiger partial charge on any atom is -0.355 e. The lowest BCUT2D eigenvalue weighted by molar-refractivity contribution is 0.256. The highest BCUT2D eigenvalue weighted by Gasteiger charge is 2.33. The van der Waals surface area contributed by atoms with Crippen LogP contribution in [-0.2, 0) is 10.0 Å². The molecule has 2 heterocycles. The Morgan fingerprint density at radius 3 is 3.00 bits per heavy atom. The fourth-order valence-electron chi connectivity index (χ4n) is 3.03. The first-order valence-corrected chi connectivity index (χ1v) is 8.40. The number of rotatable bonds is 2. The van der Waals surface area contributed by atoms with Gasteiger partial charge in [0.05, 0.1) is 0 Å². The maximum atomic E-state index is 12.1. The lowest BCUT2D eigenvalue weighted by Gasteiger charge is -2.34. The van der Waals surface area contributed by atoms with Gasteiger partial charge in [0.1, 0.15) is 4.90 Å². The second-order valence-corrected chi connectivity index (χ2v) is 6.97. The Balaban J connectivity index is 1.91. The molecule has 2 aliphatic heterocycles. The molecule has 1 fully saturated rings. The van der Waals surface area contributed by atoms with E-state index in [2.05, 4.69) is 14.6 Å². The number of nitrogens with zero attached hydrogens (tertiary/aromatic N) is 2. The summed E-state index contributed by atoms with van der Waals surface area (Å²) in [6.45, 7) is 2.70. The van der Waals surface area contributed by atoms with E-state index in [1.54, 1.807) is 12.1 Å². The smallest absolute Gasteiger partial charge is 0.285 e. The molecule has 1 N–H and O–H groups in total. The SMILES string of the molecule is CNCC1CCCN(C2=NS(=O)(=O)c3ccccc32)C1. The van der Waals surface area contributed by atoms with Gasteiger partial charge in [0.15, 0.2) is 5.84 Å². The van der Waals surface area contributed by atoms with E-state index >= 15 is 0 Å². The topological polar surface area (TPSA) is 61.8 Å². The summed E-state index contributed by atoms with van der Waals surface area (Å²) in [6, 6.07) is 7.09. The monoisotopic (exact) mass is 293 g/mol. The molecule has 5 nitrogen and oxygen atoms in total. The molecule has 1 aromatic rings. The minimum absolute atomic E-state index is 0.339. The van der Waals surface area contributed by atoms with Crippen molar-refractivity contribution in [1.82, 2.24) is 10.2 Å². The molecule has 108 valence electrons. The molecular formula is C14H19N3O2S. The van der Waals surface area contributed by atoms with Crippen molar-refractivity contribution in [3.63, 3.8) is 0 Å². The van der Waals surface area contributed by atoms with Crippen molar-refractivity contribution in [3.05, 3.63) is 29.8 Å². The van der Waals surface area contributed by atoms with Crippen LogP contribution in [0.2, 0.25) is 0 Å². The van der Waals surface area contributed by atoms with Crippen molar-refractivity contribution in [2.24, 2.45) is 10.3 Å². The summed E-state index contributed by atoms with van der Waals surface area (Å²) in [5, 5.41) is 3.20. The van der Waals surface area contributed by atoms with Gasteiger partial charge in [0.2, 0.25) is 0 Å². The molecule has 1 aromatic carbocycles. The van der Waals surface area contributed by atoms with Crippen LogP contribution in [0.15, 0.2) is 33.6 Å². The highest BCUT2D eigenvalue weighted by atomic mass is 32.2. The van der Waals surface area contributed by atoms with E-state index in [9.17, 15) is 8.42 Å². The van der Waals surface area contributed by atoms with Gasteiger partial charge < -0.3 is 10.2 Å². The maximum Gasteiger partial charge on any atom is 0.285 e. The standard InChI is InChI=1S/C14H19N3O2S/c1-15-9-11-5-4-8-17(10-11)14-12-6-2-3-7-13(12)20(18,19)16-14/h2-3,6-7,11,15H,4-5,8-10H2,1H3. The lowest BCUT2D eigenvalue weighted by atomic mass is 9.97. The molecule has 0 aliphatic carbocycles. The van der Waals surface area contributed by atoms with Crippen LogP contribution in [0.3, 0.4) is 0 Å². The predicted molar refractivity (Wildman–Crippen MR) is 78.4 cm³/mol. The fraction of sp³-hybridized carbons (Fsp3) is 0.500. The largest absolute Gasteiger partial charge is 0.355 e. The van der Waals surface area contributed by atoms with Crippen molar-refractivity contribution >= 4 is 15.9 Å². The number of hydrogen-bond donors (Lipinski definition) is 1. The van der Waals surface area contributed by atoms with E-state index in [0.29, 0.717) is 16.6 Å². The zero-order chi connectivity index (χ0) is 14.2. The summed E-state index contributed by atoms with van der Waals surface area (Å²) in [5.74, 6) is 1.17. The van der Waals surface area contributed by atoms with Crippen LogP contribution in [0.1, 0.15) is 18.4 Å². The quantitative estimate of drug-likeness (QED) is 0.886. The summed E-state index contributed by atoms with van der Waals surface area (Å²) in [6.07, 6.45) is 2.26. The van der Waals surface area contributed by atoms with Gasteiger partial charge >= 0.3 is 0 Å². The first kappa shape index (κ1) is 13.6. The average molecular weight is 293 g/mol. The van der Waals surface area contributed by atoms with Crippen LogP contribution >= 0.6 is 0 Å². The van der Waals surface area contributed by atoms with Crippen LogP contribution in [0.5, 0.6) is 0 Å². The molecular weight excluding hydrogens is 274 g/mol. The zero-order valence-electron chi connectivity index (χ0n) is 11.5. The van der Waals surface area contributed by atoms with Crippen molar-refractivity contribution in [3.8, 4) is 0 Å². The van der Waals surface area contributed by atoms with Crippen molar-refractivity contribution in [2.75, 3.05) is 26.7 Å². The van der Waals surface area contributed by atoms with Crippen LogP contribution < -0.4 is 5.32 Å². The molecule has 0 aromatic heterocycles. The van der Waals surface area contributed by atoms with Gasteiger partial charge in [0.25, 0.3) is 10.0 Å². The molecule has 0 spiro atoms. The van der Waals surface area contributed by atoms with Gasteiger partial charge in [-0.3, -0.25) is 0 Å². The molecule has 1 unspecified atom stereocenters. The van der Waals surface area contributed by atoms with Gasteiger partial charge in [-0.25, -0.2) is 0 Å². The minimum atomic E-state index is -3.50. The van der Waals surface area contributed by atoms with E-state index in [0.717, 1.165) is 31.6 Å². The number of hydrogen-bond acceptors (Lipinski definition) is 4. The Kier molecular flexibility index (Phi) is 3.52. The second-order valence-electron chi connectivity index (χ2n) is 5.40. The normalized spacial score (nSPS) is 24.4. The van der Waals surface area contributed by atoms with E-state index in [1.807, 2.05) is 19.2 Å². The van der Waals surface area contributed by atoms with Gasteiger partial charge in [-0.15, -0.1) is 4.40 Å². The molecule has 20 heavy (non-hydrogen) atoms. The number of amidine groups is 1. The molecule has 1 saturated heterocycles. The number of benzene rings is 1. The number of sulfonamides is 1. The molecule has 0 saturated carbocycles. The van der Waals surface area contributed by atoms with Crippen molar-refractivity contribution in [1.29, 1.82) is 0 Å². The van der Waals surface area contributed by atoms with Crippen LogP contribution in [0, 0.1) is 5.92 Å². The highest BCUT2D eigenvalue weighted by molar-refractivity contribution is 7.90. The van der Waals surface area contributed by atoms with Gasteiger partial charge in [-0.1, -0.05) is 12.1 Å². The number of likely N-dealkylation sites (tertiary alicyclic amines) is 1. The first-order valence-electron chi connectivity index (χ1n) is 6.96. The number of nitrogens with one attached hydrogen (secondary N) is 1. The fourth-order valence-corrected chi connectivity index (χ4v) is 4.26. The van der Waals surface area contributed by atoms with Crippen LogP contribution in [0.4, 0.5) is 0 Å². The Hall–Kier alpha value is -1.40. The Morgan fingerprint density at radius 1 is 1.40 bits per heavy atom. The maximum absolute atomic E-state index is 12.1. The third-order valence-electron chi connectivity index (χ3n) is 3.92. The Bertz CT molecular complexity index is 638. The second kappa shape index (κ2) is 5.18. The third kappa shape index (κ3) is 2.33. The average Bonchev–Trinajstić information content (AvgIpc) is 2.72. The van der Waals surface area contributed by atoms with Crippen LogP contribution in [0.25, 0.3) is 0 Å². The highest BCUT2D eigenvalue weighted by Crippen LogP contribution is 2.29. The Labute approximate surface area is 119 Å².